The van der Waals surface area contributed by atoms with Gasteiger partial charge in [0, 0.05) is 42.4 Å². The molecule has 258 valence electrons. The van der Waals surface area contributed by atoms with Gasteiger partial charge in [0.15, 0.2) is 0 Å². The Bertz CT molecular complexity index is 2150. The van der Waals surface area contributed by atoms with Crippen molar-refractivity contribution in [3.63, 3.8) is 0 Å². The molecule has 3 aliphatic rings. The number of fused-ring (bicyclic) bond motifs is 3. The lowest BCUT2D eigenvalue weighted by Crippen LogP contribution is -2.44. The summed E-state index contributed by atoms with van der Waals surface area (Å²) < 4.78 is 51.8. The summed E-state index contributed by atoms with van der Waals surface area (Å²) in [5.41, 5.74) is 6.29. The maximum absolute atomic E-state index is 15.7. The van der Waals surface area contributed by atoms with Crippen LogP contribution in [0.15, 0.2) is 30.9 Å². The van der Waals surface area contributed by atoms with Crippen molar-refractivity contribution in [3.05, 3.63) is 58.7 Å². The van der Waals surface area contributed by atoms with Gasteiger partial charge in [-0.25, -0.2) is 18.0 Å². The van der Waals surface area contributed by atoms with Gasteiger partial charge in [-0.15, -0.1) is 11.3 Å². The third-order valence-corrected chi connectivity index (χ3v) is 11.5. The molecule has 5 heterocycles. The molecule has 0 radical (unpaired) electrons. The molecule has 15 heteroatoms. The number of aromatic nitrogens is 2. The largest absolute Gasteiger partial charge is 0.461 e. The summed E-state index contributed by atoms with van der Waals surface area (Å²) in [7, 11) is 0. The molecule has 0 bridgehead atoms. The summed E-state index contributed by atoms with van der Waals surface area (Å²) in [4.78, 5) is 30.6. The smallest absolute Gasteiger partial charge is 0.319 e. The number of halogens is 4. The van der Waals surface area contributed by atoms with Gasteiger partial charge in [0.25, 0.3) is 0 Å². The number of hydrogen-bond acceptors (Lipinski definition) is 9. The van der Waals surface area contributed by atoms with Crippen molar-refractivity contribution < 1.29 is 22.7 Å². The van der Waals surface area contributed by atoms with Crippen LogP contribution < -0.4 is 15.4 Å². The van der Waals surface area contributed by atoms with Gasteiger partial charge in [-0.2, -0.15) is 15.2 Å². The van der Waals surface area contributed by atoms with Crippen LogP contribution in [-0.2, 0) is 4.79 Å². The highest BCUT2D eigenvalue weighted by molar-refractivity contribution is 7.23. The lowest BCUT2D eigenvalue weighted by Gasteiger charge is -2.32. The van der Waals surface area contributed by atoms with Gasteiger partial charge in [-0.05, 0) is 50.1 Å². The minimum Gasteiger partial charge on any atom is -0.461 e. The van der Waals surface area contributed by atoms with Crippen molar-refractivity contribution in [3.8, 4) is 23.2 Å². The lowest BCUT2D eigenvalue weighted by atomic mass is 9.94. The number of likely N-dealkylation sites (N-methyl/N-ethyl adjacent to an activating group) is 1. The summed E-state index contributed by atoms with van der Waals surface area (Å²) in [5.74, 6) is -0.739. The third-order valence-electron chi connectivity index (χ3n) is 10.1. The zero-order chi connectivity index (χ0) is 35.5. The van der Waals surface area contributed by atoms with Crippen LogP contribution in [0.4, 0.5) is 29.7 Å². The van der Waals surface area contributed by atoms with Crippen molar-refractivity contribution in [1.29, 1.82) is 5.26 Å². The maximum atomic E-state index is 15.7. The van der Waals surface area contributed by atoms with Crippen LogP contribution in [0.5, 0.6) is 6.01 Å². The minimum atomic E-state index is -1.44. The Morgan fingerprint density at radius 1 is 1.36 bits per heavy atom. The molecule has 3 fully saturated rings. The molecule has 1 amide bonds. The Hall–Kier alpha value is -4.63. The molecule has 2 N–H and O–H groups in total. The minimum absolute atomic E-state index is 0.00249. The number of benzene rings is 2. The second-order valence-corrected chi connectivity index (χ2v) is 14.3. The number of carbonyl (C=O) groups is 1. The van der Waals surface area contributed by atoms with Gasteiger partial charge in [-0.1, -0.05) is 24.2 Å². The molecule has 50 heavy (non-hydrogen) atoms. The molecule has 4 aromatic rings. The summed E-state index contributed by atoms with van der Waals surface area (Å²) in [6.07, 6.45) is 0.667. The highest BCUT2D eigenvalue weighted by Gasteiger charge is 2.49. The molecular weight excluding hydrogens is 689 g/mol. The van der Waals surface area contributed by atoms with E-state index >= 15 is 8.78 Å². The normalized spacial score (nSPS) is 23.3. The lowest BCUT2D eigenvalue weighted by molar-refractivity contribution is -0.125. The van der Waals surface area contributed by atoms with Gasteiger partial charge in [0.1, 0.15) is 36.7 Å². The van der Waals surface area contributed by atoms with E-state index in [2.05, 4.69) is 22.4 Å². The molecule has 4 atom stereocenters. The molecule has 2 aromatic heterocycles. The van der Waals surface area contributed by atoms with Crippen LogP contribution >= 0.6 is 22.9 Å². The zero-order valence-corrected chi connectivity index (χ0v) is 28.6. The summed E-state index contributed by atoms with van der Waals surface area (Å²) in [6.45, 7) is 14.5. The molecule has 0 spiro atoms. The Balaban J connectivity index is 1.43. The highest BCUT2D eigenvalue weighted by atomic mass is 35.5. The summed E-state index contributed by atoms with van der Waals surface area (Å²) in [6, 6.07) is 5.55. The second kappa shape index (κ2) is 12.9. The predicted molar refractivity (Wildman–Crippen MR) is 188 cm³/mol. The monoisotopic (exact) mass is 720 g/mol. The number of nitrogens with zero attached hydrogens (tertiary/aromatic N) is 7. The predicted octanol–water partition coefficient (Wildman–Crippen LogP) is 6.83. The molecule has 3 aliphatic heterocycles. The van der Waals surface area contributed by atoms with Crippen molar-refractivity contribution >= 4 is 66.3 Å². The fourth-order valence-electron chi connectivity index (χ4n) is 7.89. The van der Waals surface area contributed by atoms with Crippen LogP contribution in [0.3, 0.4) is 0 Å². The topological polar surface area (TPSA) is 116 Å². The Morgan fingerprint density at radius 3 is 2.88 bits per heavy atom. The van der Waals surface area contributed by atoms with E-state index in [4.69, 9.17) is 38.6 Å². The van der Waals surface area contributed by atoms with Gasteiger partial charge in [-0.3, -0.25) is 9.69 Å². The maximum Gasteiger partial charge on any atom is 0.319 e. The van der Waals surface area contributed by atoms with Crippen LogP contribution in [0.25, 0.3) is 37.0 Å². The molecule has 10 nitrogen and oxygen atoms in total. The van der Waals surface area contributed by atoms with Gasteiger partial charge < -0.3 is 20.3 Å². The van der Waals surface area contributed by atoms with Gasteiger partial charge in [0.05, 0.1) is 50.5 Å². The number of alkyl halides is 2. The number of thiophene rings is 1. The number of anilines is 2. The van der Waals surface area contributed by atoms with Crippen molar-refractivity contribution in [2.75, 3.05) is 50.0 Å². The molecule has 0 aliphatic carbocycles. The first kappa shape index (κ1) is 33.8. The number of nitrogens with two attached hydrogens (primary N) is 1. The molecule has 7 rings (SSSR count). The average molecular weight is 721 g/mol. The number of likely N-dealkylation sites (tertiary alicyclic amines) is 1. The summed E-state index contributed by atoms with van der Waals surface area (Å²) in [5, 5.41) is 11.5. The molecular formula is C35H32ClF3N8O2S. The van der Waals surface area contributed by atoms with Gasteiger partial charge >= 0.3 is 6.01 Å². The first-order valence-corrected chi connectivity index (χ1v) is 17.4. The number of carbonyl (C=O) groups excluding carboxylic acids is 1. The van der Waals surface area contributed by atoms with Crippen molar-refractivity contribution in [2.45, 2.75) is 50.1 Å². The standard InChI is InChI=1S/C35H32ClF3N8O2S/c1-4-26(48)45-15-24(39)25(16-45)47(5-2)33-20-11-22(36)27(19-7-8-23(38)31-28(19)30(42-3)32(41)50-31)21(13-40)29(20)43-34(44-33)49-17-35-9-6-10-46(35)14-18(37)12-35/h4,7-8,11,18,24-25H,1,5-6,9-10,12,14-17,41H2,2H3/t18-,24-,25+,35+/m1/s1. The number of nitrogen functional groups attached to an aromatic ring is 1. The van der Waals surface area contributed by atoms with Crippen LogP contribution in [0.2, 0.25) is 5.02 Å². The summed E-state index contributed by atoms with van der Waals surface area (Å²) >= 11 is 7.91. The Kier molecular flexibility index (Phi) is 8.75. The van der Waals surface area contributed by atoms with E-state index in [1.165, 1.54) is 17.0 Å². The number of rotatable bonds is 8. The molecule has 2 aromatic carbocycles. The zero-order valence-electron chi connectivity index (χ0n) is 27.1. The van der Waals surface area contributed by atoms with Crippen molar-refractivity contribution in [1.82, 2.24) is 19.8 Å². The fraction of sp³-hybridized carbons (Fsp3) is 0.400. The Labute approximate surface area is 295 Å². The van der Waals surface area contributed by atoms with E-state index in [0.29, 0.717) is 23.9 Å². The van der Waals surface area contributed by atoms with E-state index < -0.39 is 35.6 Å². The van der Waals surface area contributed by atoms with Crippen LogP contribution in [-0.4, -0.2) is 88.9 Å². The SMILES string of the molecule is [C-]#[N+]c1c(N)sc2c(F)ccc(-c3c(Cl)cc4c(N(CC)[C@H]5CN(C(=O)C=C)C[C@H]5F)nc(OC[C@@]56CCCN5C[C@H](F)C6)nc4c3C#N)c12. The van der Waals surface area contributed by atoms with Crippen LogP contribution in [0.1, 0.15) is 31.7 Å². The molecule has 3 saturated heterocycles. The first-order chi connectivity index (χ1) is 24.0. The number of ether oxygens (including phenoxy) is 1. The van der Waals surface area contributed by atoms with E-state index in [1.807, 2.05) is 6.92 Å². The van der Waals surface area contributed by atoms with E-state index in [9.17, 15) is 14.4 Å². The fourth-order valence-corrected chi connectivity index (χ4v) is 9.13. The van der Waals surface area contributed by atoms with E-state index in [0.717, 1.165) is 36.8 Å². The number of amides is 1. The van der Waals surface area contributed by atoms with Crippen molar-refractivity contribution in [2.24, 2.45) is 0 Å². The average Bonchev–Trinajstić information content (AvgIpc) is 3.84. The number of nitriles is 1. The highest BCUT2D eigenvalue weighted by Crippen LogP contribution is 2.50. The molecule has 0 saturated carbocycles. The Morgan fingerprint density at radius 2 is 2.16 bits per heavy atom. The number of hydrogen-bond donors (Lipinski definition) is 1. The quantitative estimate of drug-likeness (QED) is 0.156. The van der Waals surface area contributed by atoms with Gasteiger partial charge in [0.2, 0.25) is 11.6 Å². The first-order valence-electron chi connectivity index (χ1n) is 16.2. The molecule has 0 unspecified atom stereocenters. The van der Waals surface area contributed by atoms with E-state index in [1.54, 1.807) is 11.0 Å². The third kappa shape index (κ3) is 5.37. The second-order valence-electron chi connectivity index (χ2n) is 12.9. The van der Waals surface area contributed by atoms with Crippen LogP contribution in [0, 0.1) is 23.7 Å². The van der Waals surface area contributed by atoms with E-state index in [-0.39, 0.29) is 80.5 Å².